The van der Waals surface area contributed by atoms with Gasteiger partial charge in [0, 0.05) is 12.1 Å². The normalized spacial score (nSPS) is 10.1. The molecule has 6 nitrogen and oxygen atoms in total. The van der Waals surface area contributed by atoms with Gasteiger partial charge in [-0.05, 0) is 18.1 Å². The second-order valence-electron chi connectivity index (χ2n) is 5.40. The molecular weight excluding hydrogens is 322 g/mol. The second-order valence-corrected chi connectivity index (χ2v) is 5.40. The van der Waals surface area contributed by atoms with Gasteiger partial charge in [0.25, 0.3) is 0 Å². The van der Waals surface area contributed by atoms with Crippen molar-refractivity contribution in [2.24, 2.45) is 0 Å². The summed E-state index contributed by atoms with van der Waals surface area (Å²) >= 11 is 0. The summed E-state index contributed by atoms with van der Waals surface area (Å²) in [5.41, 5.74) is 2.44. The maximum Gasteiger partial charge on any atom is 0.340 e. The smallest absolute Gasteiger partial charge is 0.340 e. The summed E-state index contributed by atoms with van der Waals surface area (Å²) in [6.07, 6.45) is 0.196. The highest BCUT2D eigenvalue weighted by molar-refractivity contribution is 6.02. The molecule has 0 aliphatic heterocycles. The number of benzene rings is 2. The highest BCUT2D eigenvalue weighted by Crippen LogP contribution is 2.33. The quantitative estimate of drug-likeness (QED) is 0.816. The zero-order valence-corrected chi connectivity index (χ0v) is 14.7. The summed E-state index contributed by atoms with van der Waals surface area (Å²) in [5.74, 6) is -0.0417. The highest BCUT2D eigenvalue weighted by Gasteiger charge is 2.19. The summed E-state index contributed by atoms with van der Waals surface area (Å²) in [6, 6.07) is 10.7. The van der Waals surface area contributed by atoms with Gasteiger partial charge >= 0.3 is 5.97 Å². The van der Waals surface area contributed by atoms with Crippen LogP contribution in [0.5, 0.6) is 11.5 Å². The summed E-state index contributed by atoms with van der Waals surface area (Å²) in [7, 11) is 4.22. The molecule has 2 aromatic carbocycles. The van der Waals surface area contributed by atoms with Crippen molar-refractivity contribution in [2.45, 2.75) is 13.3 Å². The van der Waals surface area contributed by atoms with Crippen molar-refractivity contribution in [1.82, 2.24) is 0 Å². The summed E-state index contributed by atoms with van der Waals surface area (Å²) in [4.78, 5) is 24.4. The molecule has 0 bridgehead atoms. The standard InChI is InChI=1S/C19H21NO5/c1-12-7-5-6-8-13(12)9-18(21)20-15-11-17(24-3)16(23-2)10-14(15)19(22)25-4/h5-8,10-11H,9H2,1-4H3,(H,20,21). The average Bonchev–Trinajstić information content (AvgIpc) is 2.62. The van der Waals surface area contributed by atoms with Crippen LogP contribution in [-0.2, 0) is 16.0 Å². The predicted molar refractivity (Wildman–Crippen MR) is 94.4 cm³/mol. The lowest BCUT2D eigenvalue weighted by molar-refractivity contribution is -0.115. The summed E-state index contributed by atoms with van der Waals surface area (Å²) < 4.78 is 15.2. The first-order valence-electron chi connectivity index (χ1n) is 7.68. The van der Waals surface area contributed by atoms with Gasteiger partial charge in [-0.3, -0.25) is 4.79 Å². The molecule has 0 saturated heterocycles. The van der Waals surface area contributed by atoms with Crippen LogP contribution >= 0.6 is 0 Å². The Balaban J connectivity index is 2.32. The number of carbonyl (C=O) groups is 2. The molecule has 0 spiro atoms. The van der Waals surface area contributed by atoms with Crippen molar-refractivity contribution < 1.29 is 23.8 Å². The fourth-order valence-electron chi connectivity index (χ4n) is 2.44. The number of rotatable bonds is 6. The molecule has 2 aromatic rings. The van der Waals surface area contributed by atoms with Crippen molar-refractivity contribution >= 4 is 17.6 Å². The average molecular weight is 343 g/mol. The van der Waals surface area contributed by atoms with Crippen molar-refractivity contribution in [3.8, 4) is 11.5 Å². The third-order valence-corrected chi connectivity index (χ3v) is 3.82. The first-order chi connectivity index (χ1) is 12.0. The Labute approximate surface area is 146 Å². The number of carbonyl (C=O) groups excluding carboxylic acids is 2. The van der Waals surface area contributed by atoms with Crippen LogP contribution in [0.25, 0.3) is 0 Å². The summed E-state index contributed by atoms with van der Waals surface area (Å²) in [6.45, 7) is 1.94. The number of esters is 1. The molecule has 2 rings (SSSR count). The molecule has 0 aromatic heterocycles. The third kappa shape index (κ3) is 4.29. The Morgan fingerprint density at radius 2 is 1.64 bits per heavy atom. The lowest BCUT2D eigenvalue weighted by Crippen LogP contribution is -2.18. The van der Waals surface area contributed by atoms with Crippen molar-refractivity contribution in [3.63, 3.8) is 0 Å². The molecule has 0 fully saturated rings. The van der Waals surface area contributed by atoms with Crippen LogP contribution in [-0.4, -0.2) is 33.2 Å². The van der Waals surface area contributed by atoms with Gasteiger partial charge in [0.1, 0.15) is 0 Å². The zero-order chi connectivity index (χ0) is 18.4. The molecule has 0 saturated carbocycles. The first-order valence-corrected chi connectivity index (χ1v) is 7.68. The van der Waals surface area contributed by atoms with Crippen molar-refractivity contribution in [3.05, 3.63) is 53.1 Å². The molecule has 0 heterocycles. The van der Waals surface area contributed by atoms with Crippen LogP contribution in [0.4, 0.5) is 5.69 Å². The van der Waals surface area contributed by atoms with Crippen LogP contribution < -0.4 is 14.8 Å². The van der Waals surface area contributed by atoms with Gasteiger partial charge in [-0.15, -0.1) is 0 Å². The lowest BCUT2D eigenvalue weighted by atomic mass is 10.1. The van der Waals surface area contributed by atoms with Gasteiger partial charge in [0.15, 0.2) is 11.5 Å². The maximum absolute atomic E-state index is 12.4. The minimum absolute atomic E-state index is 0.193. The van der Waals surface area contributed by atoms with Gasteiger partial charge in [-0.25, -0.2) is 4.79 Å². The third-order valence-electron chi connectivity index (χ3n) is 3.82. The fourth-order valence-corrected chi connectivity index (χ4v) is 2.44. The number of anilines is 1. The molecule has 0 aliphatic carbocycles. The van der Waals surface area contributed by atoms with E-state index in [2.05, 4.69) is 5.32 Å². The van der Waals surface area contributed by atoms with E-state index < -0.39 is 5.97 Å². The van der Waals surface area contributed by atoms with E-state index in [0.29, 0.717) is 17.2 Å². The van der Waals surface area contributed by atoms with Gasteiger partial charge in [-0.2, -0.15) is 0 Å². The van der Waals surface area contributed by atoms with Crippen molar-refractivity contribution in [1.29, 1.82) is 0 Å². The van der Waals surface area contributed by atoms with E-state index in [-0.39, 0.29) is 17.9 Å². The Morgan fingerprint density at radius 3 is 2.24 bits per heavy atom. The van der Waals surface area contributed by atoms with Gasteiger partial charge < -0.3 is 19.5 Å². The van der Waals surface area contributed by atoms with E-state index in [1.54, 1.807) is 6.07 Å². The molecule has 132 valence electrons. The largest absolute Gasteiger partial charge is 0.493 e. The topological polar surface area (TPSA) is 73.9 Å². The van der Waals surface area contributed by atoms with E-state index in [9.17, 15) is 9.59 Å². The number of aryl methyl sites for hydroxylation is 1. The molecule has 1 N–H and O–H groups in total. The second kappa shape index (κ2) is 8.19. The number of ether oxygens (including phenoxy) is 3. The molecule has 0 unspecified atom stereocenters. The number of nitrogens with one attached hydrogen (secondary N) is 1. The van der Waals surface area contributed by atoms with Crippen LogP contribution in [0.15, 0.2) is 36.4 Å². The molecule has 1 amide bonds. The lowest BCUT2D eigenvalue weighted by Gasteiger charge is -2.15. The van der Waals surface area contributed by atoms with E-state index in [4.69, 9.17) is 14.2 Å². The van der Waals surface area contributed by atoms with Crippen LogP contribution in [0, 0.1) is 6.92 Å². The molecule has 0 aliphatic rings. The fraction of sp³-hybridized carbons (Fsp3) is 0.263. The predicted octanol–water partition coefficient (Wildman–Crippen LogP) is 2.98. The Kier molecular flexibility index (Phi) is 6.00. The molecule has 25 heavy (non-hydrogen) atoms. The number of hydrogen-bond acceptors (Lipinski definition) is 5. The van der Waals surface area contributed by atoms with Gasteiger partial charge in [0.05, 0.1) is 39.0 Å². The Hall–Kier alpha value is -3.02. The summed E-state index contributed by atoms with van der Waals surface area (Å²) in [5, 5.41) is 2.75. The number of amides is 1. The van der Waals surface area contributed by atoms with E-state index in [0.717, 1.165) is 11.1 Å². The molecule has 6 heteroatoms. The minimum Gasteiger partial charge on any atom is -0.493 e. The molecule has 0 atom stereocenters. The number of hydrogen-bond donors (Lipinski definition) is 1. The van der Waals surface area contributed by atoms with Crippen LogP contribution in [0.3, 0.4) is 0 Å². The Morgan fingerprint density at radius 1 is 1.00 bits per heavy atom. The van der Waals surface area contributed by atoms with Crippen molar-refractivity contribution in [2.75, 3.05) is 26.6 Å². The van der Waals surface area contributed by atoms with Crippen LogP contribution in [0.2, 0.25) is 0 Å². The Bertz CT molecular complexity index is 785. The zero-order valence-electron chi connectivity index (χ0n) is 14.7. The molecule has 0 radical (unpaired) electrons. The van der Waals surface area contributed by atoms with Gasteiger partial charge in [-0.1, -0.05) is 24.3 Å². The first kappa shape index (κ1) is 18.3. The molecular formula is C19H21NO5. The number of methoxy groups -OCH3 is 3. The minimum atomic E-state index is -0.577. The van der Waals surface area contributed by atoms with E-state index in [1.165, 1.54) is 27.4 Å². The SMILES string of the molecule is COC(=O)c1cc(OC)c(OC)cc1NC(=O)Cc1ccccc1C. The highest BCUT2D eigenvalue weighted by atomic mass is 16.5. The van der Waals surface area contributed by atoms with E-state index >= 15 is 0 Å². The van der Waals surface area contributed by atoms with Crippen LogP contribution in [0.1, 0.15) is 21.5 Å². The van der Waals surface area contributed by atoms with Gasteiger partial charge in [0.2, 0.25) is 5.91 Å². The maximum atomic E-state index is 12.4. The van der Waals surface area contributed by atoms with E-state index in [1.807, 2.05) is 31.2 Å². The monoisotopic (exact) mass is 343 g/mol.